The third kappa shape index (κ3) is 2.46. The molecule has 2 rings (SSSR count). The van der Waals surface area contributed by atoms with E-state index in [4.69, 9.17) is 0 Å². The highest BCUT2D eigenvalue weighted by Gasteiger charge is 2.14. The van der Waals surface area contributed by atoms with Crippen LogP contribution in [0.5, 0.6) is 0 Å². The molecule has 0 amide bonds. The lowest BCUT2D eigenvalue weighted by molar-refractivity contribution is 0.662. The topological polar surface area (TPSA) is 37.8 Å². The molecule has 82 valence electrons. The zero-order chi connectivity index (χ0) is 10.5. The van der Waals surface area contributed by atoms with E-state index in [0.29, 0.717) is 0 Å². The third-order valence-corrected chi connectivity index (χ3v) is 2.95. The fourth-order valence-corrected chi connectivity index (χ4v) is 2.06. The molecule has 1 aliphatic rings. The van der Waals surface area contributed by atoms with E-state index >= 15 is 0 Å². The van der Waals surface area contributed by atoms with Crippen LogP contribution in [-0.4, -0.2) is 16.5 Å². The van der Waals surface area contributed by atoms with Crippen molar-refractivity contribution in [2.24, 2.45) is 0 Å². The quantitative estimate of drug-likeness (QED) is 0.768. The summed E-state index contributed by atoms with van der Waals surface area (Å²) in [5.41, 5.74) is 2.62. The van der Waals surface area contributed by atoms with E-state index < -0.39 is 0 Å². The summed E-state index contributed by atoms with van der Waals surface area (Å²) in [6.07, 6.45) is 8.95. The van der Waals surface area contributed by atoms with Gasteiger partial charge in [0.15, 0.2) is 0 Å². The second-order valence-electron chi connectivity index (χ2n) is 4.13. The van der Waals surface area contributed by atoms with Crippen LogP contribution in [0.3, 0.4) is 0 Å². The predicted octanol–water partition coefficient (Wildman–Crippen LogP) is 2.57. The van der Waals surface area contributed by atoms with Crippen LogP contribution in [0.25, 0.3) is 0 Å². The largest absolute Gasteiger partial charge is 0.370 e. The fraction of sp³-hybridized carbons (Fsp3) is 0.667. The Morgan fingerprint density at radius 3 is 3.00 bits per heavy atom. The van der Waals surface area contributed by atoms with Crippen molar-refractivity contribution in [3.63, 3.8) is 0 Å². The highest BCUT2D eigenvalue weighted by Crippen LogP contribution is 2.24. The number of hydrogen-bond acceptors (Lipinski definition) is 3. The Balaban J connectivity index is 2.09. The lowest BCUT2D eigenvalue weighted by atomic mass is 9.96. The van der Waals surface area contributed by atoms with Crippen LogP contribution in [0.1, 0.15) is 43.9 Å². The van der Waals surface area contributed by atoms with Gasteiger partial charge in [-0.2, -0.15) is 0 Å². The first-order valence-corrected chi connectivity index (χ1v) is 5.98. The van der Waals surface area contributed by atoms with E-state index in [2.05, 4.69) is 22.2 Å². The maximum absolute atomic E-state index is 4.36. The number of nitrogens with zero attached hydrogens (tertiary/aromatic N) is 2. The molecule has 0 radical (unpaired) electrons. The van der Waals surface area contributed by atoms with Crippen molar-refractivity contribution < 1.29 is 0 Å². The van der Waals surface area contributed by atoms with Gasteiger partial charge >= 0.3 is 0 Å². The molecule has 0 saturated heterocycles. The number of fused-ring (bicyclic) bond motifs is 1. The Labute approximate surface area is 91.3 Å². The lowest BCUT2D eigenvalue weighted by Crippen LogP contribution is -2.12. The third-order valence-electron chi connectivity index (χ3n) is 2.95. The first-order valence-electron chi connectivity index (χ1n) is 5.98. The molecule has 1 N–H and O–H groups in total. The summed E-state index contributed by atoms with van der Waals surface area (Å²) in [7, 11) is 0. The number of aryl methyl sites for hydroxylation is 1. The maximum atomic E-state index is 4.36. The Bertz CT molecular complexity index is 323. The highest BCUT2D eigenvalue weighted by molar-refractivity contribution is 5.46. The van der Waals surface area contributed by atoms with E-state index in [-0.39, 0.29) is 0 Å². The molecular weight excluding hydrogens is 186 g/mol. The molecule has 0 fully saturated rings. The summed E-state index contributed by atoms with van der Waals surface area (Å²) < 4.78 is 0. The van der Waals surface area contributed by atoms with Gasteiger partial charge in [0.05, 0.1) is 0 Å². The van der Waals surface area contributed by atoms with Crippen molar-refractivity contribution in [3.05, 3.63) is 17.6 Å². The number of nitrogens with one attached hydrogen (secondary N) is 1. The first kappa shape index (κ1) is 10.4. The van der Waals surface area contributed by atoms with Crippen LogP contribution in [0.4, 0.5) is 5.82 Å². The van der Waals surface area contributed by atoms with E-state index in [1.807, 2.05) is 0 Å². The molecule has 0 unspecified atom stereocenters. The molecule has 0 spiro atoms. The number of rotatable bonds is 4. The number of unbranched alkanes of at least 4 members (excludes halogenated alkanes) is 1. The number of hydrogen-bond donors (Lipinski definition) is 1. The van der Waals surface area contributed by atoms with Gasteiger partial charge in [-0.1, -0.05) is 13.3 Å². The minimum atomic E-state index is 1.03. The Morgan fingerprint density at radius 2 is 2.13 bits per heavy atom. The van der Waals surface area contributed by atoms with Crippen molar-refractivity contribution >= 4 is 5.82 Å². The monoisotopic (exact) mass is 205 g/mol. The minimum absolute atomic E-state index is 1.03. The van der Waals surface area contributed by atoms with Gasteiger partial charge in [-0.25, -0.2) is 9.97 Å². The zero-order valence-corrected chi connectivity index (χ0v) is 9.42. The van der Waals surface area contributed by atoms with Gasteiger partial charge in [0.25, 0.3) is 0 Å². The molecule has 1 aliphatic carbocycles. The van der Waals surface area contributed by atoms with E-state index in [9.17, 15) is 0 Å². The molecule has 0 aliphatic heterocycles. The van der Waals surface area contributed by atoms with Crippen LogP contribution in [-0.2, 0) is 12.8 Å². The highest BCUT2D eigenvalue weighted by atomic mass is 15.0. The Morgan fingerprint density at radius 1 is 1.27 bits per heavy atom. The standard InChI is InChI=1S/C12H19N3/c1-2-3-8-13-12-10-6-4-5-7-11(10)14-9-15-12/h9H,2-8H2,1H3,(H,13,14,15). The minimum Gasteiger partial charge on any atom is -0.370 e. The van der Waals surface area contributed by atoms with E-state index in [1.54, 1.807) is 6.33 Å². The molecule has 0 aromatic carbocycles. The van der Waals surface area contributed by atoms with Crippen molar-refractivity contribution in [3.8, 4) is 0 Å². The summed E-state index contributed by atoms with van der Waals surface area (Å²) in [6, 6.07) is 0. The van der Waals surface area contributed by atoms with Crippen LogP contribution in [0.15, 0.2) is 6.33 Å². The van der Waals surface area contributed by atoms with Crippen molar-refractivity contribution in [2.75, 3.05) is 11.9 Å². The Kier molecular flexibility index (Phi) is 3.54. The van der Waals surface area contributed by atoms with Crippen LogP contribution >= 0.6 is 0 Å². The molecular formula is C12H19N3. The van der Waals surface area contributed by atoms with Crippen LogP contribution in [0.2, 0.25) is 0 Å². The molecule has 15 heavy (non-hydrogen) atoms. The summed E-state index contributed by atoms with van der Waals surface area (Å²) >= 11 is 0. The van der Waals surface area contributed by atoms with Crippen molar-refractivity contribution in [1.82, 2.24) is 9.97 Å². The van der Waals surface area contributed by atoms with Crippen molar-refractivity contribution in [1.29, 1.82) is 0 Å². The van der Waals surface area contributed by atoms with Crippen LogP contribution < -0.4 is 5.32 Å². The average Bonchev–Trinajstić information content (AvgIpc) is 2.30. The van der Waals surface area contributed by atoms with Gasteiger partial charge in [0.2, 0.25) is 0 Å². The molecule has 0 bridgehead atoms. The van der Waals surface area contributed by atoms with Gasteiger partial charge < -0.3 is 5.32 Å². The second-order valence-corrected chi connectivity index (χ2v) is 4.13. The van der Waals surface area contributed by atoms with Gasteiger partial charge in [-0.15, -0.1) is 0 Å². The zero-order valence-electron chi connectivity index (χ0n) is 9.42. The molecule has 1 aromatic rings. The molecule has 1 aromatic heterocycles. The summed E-state index contributed by atoms with van der Waals surface area (Å²) in [6.45, 7) is 3.23. The molecule has 3 nitrogen and oxygen atoms in total. The summed E-state index contributed by atoms with van der Waals surface area (Å²) in [5.74, 6) is 1.08. The van der Waals surface area contributed by atoms with Crippen molar-refractivity contribution in [2.45, 2.75) is 45.4 Å². The lowest BCUT2D eigenvalue weighted by Gasteiger charge is -2.17. The maximum Gasteiger partial charge on any atom is 0.132 e. The van der Waals surface area contributed by atoms with Gasteiger partial charge in [0.1, 0.15) is 12.1 Å². The predicted molar refractivity (Wildman–Crippen MR) is 62.1 cm³/mol. The number of anilines is 1. The SMILES string of the molecule is CCCCNc1ncnc2c1CCCC2. The molecule has 0 saturated carbocycles. The normalized spacial score (nSPS) is 14.7. The summed E-state index contributed by atoms with van der Waals surface area (Å²) in [4.78, 5) is 8.70. The molecule has 0 atom stereocenters. The second kappa shape index (κ2) is 5.10. The Hall–Kier alpha value is -1.12. The fourth-order valence-electron chi connectivity index (χ4n) is 2.06. The molecule has 1 heterocycles. The van der Waals surface area contributed by atoms with Crippen LogP contribution in [0, 0.1) is 0 Å². The average molecular weight is 205 g/mol. The summed E-state index contributed by atoms with van der Waals surface area (Å²) in [5, 5.41) is 3.42. The molecule has 3 heteroatoms. The van der Waals surface area contributed by atoms with Gasteiger partial charge in [-0.05, 0) is 32.1 Å². The first-order chi connectivity index (χ1) is 7.42. The van der Waals surface area contributed by atoms with Gasteiger partial charge in [0, 0.05) is 17.8 Å². The van der Waals surface area contributed by atoms with E-state index in [0.717, 1.165) is 25.2 Å². The van der Waals surface area contributed by atoms with E-state index in [1.165, 1.54) is 36.9 Å². The number of aromatic nitrogens is 2. The van der Waals surface area contributed by atoms with Gasteiger partial charge in [-0.3, -0.25) is 0 Å². The smallest absolute Gasteiger partial charge is 0.132 e.